The van der Waals surface area contributed by atoms with E-state index in [9.17, 15) is 22.4 Å². The van der Waals surface area contributed by atoms with Crippen LogP contribution in [0.5, 0.6) is 0 Å². The maximum absolute atomic E-state index is 13.3. The molecule has 0 saturated heterocycles. The maximum atomic E-state index is 13.3. The Kier molecular flexibility index (Phi) is 5.64. The predicted octanol–water partition coefficient (Wildman–Crippen LogP) is 4.34. The molecule has 4 aromatic rings. The zero-order chi connectivity index (χ0) is 23.0. The van der Waals surface area contributed by atoms with Gasteiger partial charge in [-0.2, -0.15) is 10.2 Å². The van der Waals surface area contributed by atoms with Crippen LogP contribution in [0.25, 0.3) is 11.3 Å². The van der Waals surface area contributed by atoms with Gasteiger partial charge in [0.2, 0.25) is 0 Å². The molecular weight excluding hydrogens is 428 g/mol. The van der Waals surface area contributed by atoms with Crippen molar-refractivity contribution in [2.24, 2.45) is 0 Å². The number of nitrogens with zero attached hydrogens (tertiary/aromatic N) is 5. The van der Waals surface area contributed by atoms with E-state index in [1.807, 2.05) is 44.2 Å². The summed E-state index contributed by atoms with van der Waals surface area (Å²) in [7, 11) is 0. The molecular formula is C21H18F4N6O. The first-order chi connectivity index (χ1) is 15.3. The van der Waals surface area contributed by atoms with E-state index in [2.05, 4.69) is 20.5 Å². The van der Waals surface area contributed by atoms with Crippen LogP contribution in [-0.4, -0.2) is 30.3 Å². The molecule has 0 aliphatic rings. The first-order valence-electron chi connectivity index (χ1n) is 9.62. The highest BCUT2D eigenvalue weighted by atomic mass is 19.3. The van der Waals surface area contributed by atoms with Crippen LogP contribution in [0.2, 0.25) is 0 Å². The van der Waals surface area contributed by atoms with E-state index >= 15 is 0 Å². The van der Waals surface area contributed by atoms with Crippen LogP contribution < -0.4 is 5.32 Å². The Balaban J connectivity index is 1.59. The van der Waals surface area contributed by atoms with E-state index in [1.54, 1.807) is 4.68 Å². The number of aromatic nitrogens is 5. The minimum absolute atomic E-state index is 0.120. The third kappa shape index (κ3) is 3.93. The number of para-hydroxylation sites is 1. The number of amides is 1. The SMILES string of the molecule is Cc1nn(-c2ccccc2)c(C)c1CNC(=O)c1cc2nc(C(F)F)cc(C(F)F)n2n1. The molecule has 0 unspecified atom stereocenters. The molecule has 0 aliphatic carbocycles. The molecule has 166 valence electrons. The van der Waals surface area contributed by atoms with Crippen molar-refractivity contribution < 1.29 is 22.4 Å². The number of nitrogens with one attached hydrogen (secondary N) is 1. The Bertz CT molecular complexity index is 1280. The highest BCUT2D eigenvalue weighted by Crippen LogP contribution is 2.25. The van der Waals surface area contributed by atoms with Crippen molar-refractivity contribution >= 4 is 11.6 Å². The van der Waals surface area contributed by atoms with Gasteiger partial charge in [-0.25, -0.2) is 31.7 Å². The van der Waals surface area contributed by atoms with Crippen molar-refractivity contribution in [2.75, 3.05) is 0 Å². The molecule has 0 fully saturated rings. The molecule has 1 aromatic carbocycles. The van der Waals surface area contributed by atoms with Crippen molar-refractivity contribution in [1.82, 2.24) is 29.7 Å². The monoisotopic (exact) mass is 446 g/mol. The lowest BCUT2D eigenvalue weighted by atomic mass is 10.2. The number of hydrogen-bond donors (Lipinski definition) is 1. The second kappa shape index (κ2) is 8.40. The van der Waals surface area contributed by atoms with Crippen molar-refractivity contribution in [2.45, 2.75) is 33.2 Å². The first kappa shape index (κ1) is 21.5. The van der Waals surface area contributed by atoms with E-state index < -0.39 is 30.1 Å². The summed E-state index contributed by atoms with van der Waals surface area (Å²) in [4.78, 5) is 16.2. The summed E-state index contributed by atoms with van der Waals surface area (Å²) in [6, 6.07) is 11.2. The first-order valence-corrected chi connectivity index (χ1v) is 9.62. The van der Waals surface area contributed by atoms with Crippen LogP contribution in [0.4, 0.5) is 17.6 Å². The molecule has 0 aliphatic heterocycles. The van der Waals surface area contributed by atoms with E-state index in [0.29, 0.717) is 16.3 Å². The lowest BCUT2D eigenvalue weighted by Gasteiger charge is -2.06. The summed E-state index contributed by atoms with van der Waals surface area (Å²) in [5.41, 5.74) is 1.16. The van der Waals surface area contributed by atoms with Gasteiger partial charge in [0.25, 0.3) is 18.8 Å². The lowest BCUT2D eigenvalue weighted by Crippen LogP contribution is -2.24. The summed E-state index contributed by atoms with van der Waals surface area (Å²) < 4.78 is 55.1. The van der Waals surface area contributed by atoms with Gasteiger partial charge in [-0.1, -0.05) is 18.2 Å². The fourth-order valence-electron chi connectivity index (χ4n) is 3.41. The number of carbonyl (C=O) groups is 1. The molecule has 11 heteroatoms. The van der Waals surface area contributed by atoms with Crippen LogP contribution in [0, 0.1) is 13.8 Å². The average Bonchev–Trinajstić information content (AvgIpc) is 3.32. The fraction of sp³-hybridized carbons (Fsp3) is 0.238. The van der Waals surface area contributed by atoms with Gasteiger partial charge >= 0.3 is 0 Å². The molecule has 1 amide bonds. The molecule has 0 bridgehead atoms. The summed E-state index contributed by atoms with van der Waals surface area (Å²) in [5, 5.41) is 11.0. The Labute approximate surface area is 179 Å². The van der Waals surface area contributed by atoms with Crippen LogP contribution >= 0.6 is 0 Å². The van der Waals surface area contributed by atoms with Gasteiger partial charge in [0.05, 0.1) is 11.4 Å². The van der Waals surface area contributed by atoms with Crippen LogP contribution in [0.1, 0.15) is 51.7 Å². The molecule has 4 rings (SSSR count). The van der Waals surface area contributed by atoms with E-state index in [0.717, 1.165) is 23.0 Å². The Morgan fingerprint density at radius 3 is 2.41 bits per heavy atom. The molecule has 3 heterocycles. The van der Waals surface area contributed by atoms with Crippen molar-refractivity contribution in [3.8, 4) is 5.69 Å². The minimum Gasteiger partial charge on any atom is -0.346 e. The summed E-state index contributed by atoms with van der Waals surface area (Å²) in [5.74, 6) is -0.652. The van der Waals surface area contributed by atoms with Gasteiger partial charge in [-0.3, -0.25) is 4.79 Å². The van der Waals surface area contributed by atoms with Gasteiger partial charge in [-0.05, 0) is 32.0 Å². The van der Waals surface area contributed by atoms with Gasteiger partial charge < -0.3 is 5.32 Å². The molecule has 0 saturated carbocycles. The fourth-order valence-corrected chi connectivity index (χ4v) is 3.41. The van der Waals surface area contributed by atoms with Crippen molar-refractivity contribution in [3.05, 3.63) is 76.5 Å². The zero-order valence-electron chi connectivity index (χ0n) is 17.1. The number of aryl methyl sites for hydroxylation is 1. The average molecular weight is 446 g/mol. The number of benzene rings is 1. The highest BCUT2D eigenvalue weighted by Gasteiger charge is 2.22. The molecule has 0 spiro atoms. The lowest BCUT2D eigenvalue weighted by molar-refractivity contribution is 0.0944. The number of fused-ring (bicyclic) bond motifs is 1. The Morgan fingerprint density at radius 2 is 1.75 bits per heavy atom. The van der Waals surface area contributed by atoms with Gasteiger partial charge in [0.15, 0.2) is 11.3 Å². The maximum Gasteiger partial charge on any atom is 0.280 e. The largest absolute Gasteiger partial charge is 0.346 e. The minimum atomic E-state index is -3.07. The van der Waals surface area contributed by atoms with E-state index in [-0.39, 0.29) is 17.9 Å². The van der Waals surface area contributed by atoms with E-state index in [4.69, 9.17) is 0 Å². The molecule has 7 nitrogen and oxygen atoms in total. The van der Waals surface area contributed by atoms with Crippen LogP contribution in [-0.2, 0) is 6.54 Å². The zero-order valence-corrected chi connectivity index (χ0v) is 17.1. The molecule has 3 aromatic heterocycles. The van der Waals surface area contributed by atoms with Crippen molar-refractivity contribution in [3.63, 3.8) is 0 Å². The number of halogens is 4. The quantitative estimate of drug-likeness (QED) is 0.447. The second-order valence-electron chi connectivity index (χ2n) is 7.09. The number of alkyl halides is 4. The third-order valence-electron chi connectivity index (χ3n) is 5.02. The normalized spacial score (nSPS) is 11.6. The summed E-state index contributed by atoms with van der Waals surface area (Å²) in [6.45, 7) is 3.79. The smallest absolute Gasteiger partial charge is 0.280 e. The second-order valence-corrected chi connectivity index (χ2v) is 7.09. The van der Waals surface area contributed by atoms with Gasteiger partial charge in [-0.15, -0.1) is 0 Å². The van der Waals surface area contributed by atoms with Crippen molar-refractivity contribution in [1.29, 1.82) is 0 Å². The highest BCUT2D eigenvalue weighted by molar-refractivity contribution is 5.93. The number of carbonyl (C=O) groups excluding carboxylic acids is 1. The van der Waals surface area contributed by atoms with Gasteiger partial charge in [0.1, 0.15) is 11.4 Å². The molecule has 1 N–H and O–H groups in total. The Hall–Kier alpha value is -3.76. The Morgan fingerprint density at radius 1 is 1.03 bits per heavy atom. The standard InChI is InChI=1S/C21H18F4N6O/c1-11-14(12(2)30(28-11)13-6-4-3-5-7-13)10-26-21(32)16-9-18-27-15(19(22)23)8-17(20(24)25)31(18)29-16/h3-9,19-20H,10H2,1-2H3,(H,26,32). The topological polar surface area (TPSA) is 77.1 Å². The molecule has 0 radical (unpaired) electrons. The molecule has 32 heavy (non-hydrogen) atoms. The summed E-state index contributed by atoms with van der Waals surface area (Å²) in [6.07, 6.45) is -6.10. The van der Waals surface area contributed by atoms with E-state index in [1.165, 1.54) is 0 Å². The number of rotatable bonds is 6. The van der Waals surface area contributed by atoms with Gasteiger partial charge in [0, 0.05) is 23.9 Å². The summed E-state index contributed by atoms with van der Waals surface area (Å²) >= 11 is 0. The van der Waals surface area contributed by atoms with Crippen LogP contribution in [0.15, 0.2) is 42.5 Å². The predicted molar refractivity (Wildman–Crippen MR) is 107 cm³/mol. The van der Waals surface area contributed by atoms with Crippen LogP contribution in [0.3, 0.4) is 0 Å². The molecule has 0 atom stereocenters. The number of hydrogen-bond acceptors (Lipinski definition) is 4. The third-order valence-corrected chi connectivity index (χ3v) is 5.02.